The van der Waals surface area contributed by atoms with Crippen molar-refractivity contribution < 1.29 is 4.79 Å². The van der Waals surface area contributed by atoms with Gasteiger partial charge in [0.25, 0.3) is 5.91 Å². The Morgan fingerprint density at radius 1 is 0.946 bits per heavy atom. The third-order valence-corrected chi connectivity index (χ3v) is 8.45. The van der Waals surface area contributed by atoms with E-state index in [9.17, 15) is 4.79 Å². The number of piperidine rings is 1. The Hall–Kier alpha value is -2.77. The Morgan fingerprint density at radius 3 is 2.46 bits per heavy atom. The fraction of sp³-hybridized carbons (Fsp3) is 0.414. The predicted molar refractivity (Wildman–Crippen MR) is 153 cm³/mol. The van der Waals surface area contributed by atoms with E-state index < -0.39 is 0 Å². The van der Waals surface area contributed by atoms with Gasteiger partial charge >= 0.3 is 0 Å². The quantitative estimate of drug-likeness (QED) is 0.221. The molecule has 0 unspecified atom stereocenters. The number of amides is 1. The van der Waals surface area contributed by atoms with Crippen molar-refractivity contribution >= 4 is 40.8 Å². The summed E-state index contributed by atoms with van der Waals surface area (Å²) in [6, 6.07) is 18.2. The highest BCUT2D eigenvalue weighted by atomic mass is 35.5. The summed E-state index contributed by atoms with van der Waals surface area (Å²) >= 11 is 7.90. The number of nitrogens with zero attached hydrogens (tertiary/aromatic N) is 5. The van der Waals surface area contributed by atoms with E-state index in [1.165, 1.54) is 24.1 Å². The minimum Gasteiger partial charge on any atom is -0.368 e. The molecule has 0 aliphatic carbocycles. The van der Waals surface area contributed by atoms with Gasteiger partial charge in [0.2, 0.25) is 0 Å². The first-order chi connectivity index (χ1) is 18.0. The summed E-state index contributed by atoms with van der Waals surface area (Å²) in [7, 11) is 0. The second kappa shape index (κ2) is 11.7. The molecule has 2 fully saturated rings. The normalized spacial score (nSPS) is 16.8. The van der Waals surface area contributed by atoms with Gasteiger partial charge in [0.1, 0.15) is 11.0 Å². The van der Waals surface area contributed by atoms with Crippen molar-refractivity contribution in [2.45, 2.75) is 37.6 Å². The molecule has 3 aromatic rings. The van der Waals surface area contributed by atoms with E-state index in [2.05, 4.69) is 59.0 Å². The number of thioether (sulfide) groups is 1. The number of hydrogen-bond donors (Lipinski definition) is 0. The molecule has 194 valence electrons. The van der Waals surface area contributed by atoms with Crippen LogP contribution in [-0.4, -0.2) is 60.0 Å². The number of carbonyl (C=O) groups is 1. The number of rotatable bonds is 6. The lowest BCUT2D eigenvalue weighted by Crippen LogP contribution is -2.49. The van der Waals surface area contributed by atoms with Crippen molar-refractivity contribution in [1.29, 1.82) is 0 Å². The average molecular weight is 536 g/mol. The number of benzene rings is 2. The highest BCUT2D eigenvalue weighted by molar-refractivity contribution is 7.98. The van der Waals surface area contributed by atoms with Crippen LogP contribution in [-0.2, 0) is 5.75 Å². The van der Waals surface area contributed by atoms with Crippen LogP contribution >= 0.6 is 23.4 Å². The topological polar surface area (TPSA) is 52.6 Å². The average Bonchev–Trinajstić information content (AvgIpc) is 2.92. The molecule has 3 heterocycles. The van der Waals surface area contributed by atoms with Crippen LogP contribution in [0.15, 0.2) is 59.8 Å². The molecule has 0 atom stereocenters. The highest BCUT2D eigenvalue weighted by Gasteiger charge is 2.23. The Kier molecular flexibility index (Phi) is 8.20. The first kappa shape index (κ1) is 25.9. The first-order valence-corrected chi connectivity index (χ1v) is 14.4. The zero-order valence-corrected chi connectivity index (χ0v) is 23.1. The van der Waals surface area contributed by atoms with E-state index >= 15 is 0 Å². The number of hydrogen-bond acceptors (Lipinski definition) is 6. The maximum Gasteiger partial charge on any atom is 0.253 e. The minimum absolute atomic E-state index is 0.0944. The second-order valence-electron chi connectivity index (χ2n) is 10.1. The van der Waals surface area contributed by atoms with Crippen molar-refractivity contribution in [3.63, 3.8) is 0 Å². The van der Waals surface area contributed by atoms with Gasteiger partial charge in [0.15, 0.2) is 5.16 Å². The van der Waals surface area contributed by atoms with Gasteiger partial charge in [-0.2, -0.15) is 0 Å². The van der Waals surface area contributed by atoms with Gasteiger partial charge in [-0.05, 0) is 55.0 Å². The Labute approximate surface area is 229 Å². The fourth-order valence-corrected chi connectivity index (χ4v) is 6.07. The molecule has 2 aromatic carbocycles. The number of halogens is 1. The lowest BCUT2D eigenvalue weighted by Gasteiger charge is -2.36. The van der Waals surface area contributed by atoms with Crippen molar-refractivity contribution in [3.8, 4) is 0 Å². The van der Waals surface area contributed by atoms with Gasteiger partial charge in [-0.1, -0.05) is 60.6 Å². The molecule has 37 heavy (non-hydrogen) atoms. The maximum atomic E-state index is 13.3. The Morgan fingerprint density at radius 2 is 1.70 bits per heavy atom. The van der Waals surface area contributed by atoms with Crippen LogP contribution in [0.25, 0.3) is 0 Å². The van der Waals surface area contributed by atoms with Crippen LogP contribution in [0.2, 0.25) is 5.15 Å². The summed E-state index contributed by atoms with van der Waals surface area (Å²) in [5.41, 5.74) is 4.34. The zero-order valence-electron chi connectivity index (χ0n) is 21.6. The van der Waals surface area contributed by atoms with Gasteiger partial charge in [-0.15, -0.1) is 0 Å². The molecule has 0 radical (unpaired) electrons. The molecule has 2 aliphatic heterocycles. The number of aryl methyl sites for hydroxylation is 1. The monoisotopic (exact) mass is 535 g/mol. The van der Waals surface area contributed by atoms with E-state index in [1.807, 2.05) is 29.2 Å². The largest absolute Gasteiger partial charge is 0.368 e. The molecule has 0 spiro atoms. The van der Waals surface area contributed by atoms with E-state index in [4.69, 9.17) is 16.6 Å². The molecule has 1 aromatic heterocycles. The van der Waals surface area contributed by atoms with Crippen LogP contribution < -0.4 is 9.80 Å². The third kappa shape index (κ3) is 6.39. The highest BCUT2D eigenvalue weighted by Crippen LogP contribution is 2.28. The van der Waals surface area contributed by atoms with Gasteiger partial charge in [-0.3, -0.25) is 4.79 Å². The van der Waals surface area contributed by atoms with Gasteiger partial charge in [0, 0.05) is 62.3 Å². The van der Waals surface area contributed by atoms with Crippen molar-refractivity contribution in [2.75, 3.05) is 49.1 Å². The Balaban J connectivity index is 1.19. The molecule has 0 N–H and O–H groups in total. The molecular formula is C29H34ClN5OS. The maximum absolute atomic E-state index is 13.3. The Bertz CT molecular complexity index is 1240. The van der Waals surface area contributed by atoms with Crippen LogP contribution in [0.4, 0.5) is 11.5 Å². The third-order valence-electron chi connectivity index (χ3n) is 7.33. The van der Waals surface area contributed by atoms with Gasteiger partial charge in [0.05, 0.1) is 0 Å². The lowest BCUT2D eigenvalue weighted by atomic mass is 9.99. The summed E-state index contributed by atoms with van der Waals surface area (Å²) in [6.45, 7) is 9.58. The summed E-state index contributed by atoms with van der Waals surface area (Å²) in [5.74, 6) is 2.44. The van der Waals surface area contributed by atoms with E-state index in [0.29, 0.717) is 16.1 Å². The molecule has 5 rings (SSSR count). The predicted octanol–water partition coefficient (Wildman–Crippen LogP) is 5.93. The van der Waals surface area contributed by atoms with Crippen molar-refractivity contribution in [1.82, 2.24) is 14.9 Å². The SMILES string of the molecule is Cc1ccccc1N1CCN(C(=O)c2cccc(CSc3nc(Cl)cc(N4CCC(C)CC4)n3)c2)CC1. The summed E-state index contributed by atoms with van der Waals surface area (Å²) in [6.07, 6.45) is 2.34. The molecule has 2 aliphatic rings. The fourth-order valence-electron chi connectivity index (χ4n) is 5.04. The molecular weight excluding hydrogens is 502 g/mol. The summed E-state index contributed by atoms with van der Waals surface area (Å²) < 4.78 is 0. The molecule has 1 amide bonds. The minimum atomic E-state index is 0.0944. The van der Waals surface area contributed by atoms with Crippen LogP contribution in [0, 0.1) is 12.8 Å². The van der Waals surface area contributed by atoms with Crippen LogP contribution in [0.3, 0.4) is 0 Å². The number of anilines is 2. The molecule has 2 saturated heterocycles. The van der Waals surface area contributed by atoms with Crippen molar-refractivity contribution in [2.24, 2.45) is 5.92 Å². The smallest absolute Gasteiger partial charge is 0.253 e. The summed E-state index contributed by atoms with van der Waals surface area (Å²) in [4.78, 5) is 29.1. The molecule has 0 saturated carbocycles. The van der Waals surface area contributed by atoms with Crippen LogP contribution in [0.1, 0.15) is 41.3 Å². The summed E-state index contributed by atoms with van der Waals surface area (Å²) in [5, 5.41) is 1.14. The lowest BCUT2D eigenvalue weighted by molar-refractivity contribution is 0.0746. The molecule has 8 heteroatoms. The zero-order chi connectivity index (χ0) is 25.8. The van der Waals surface area contributed by atoms with Crippen LogP contribution in [0.5, 0.6) is 0 Å². The van der Waals surface area contributed by atoms with E-state index in [-0.39, 0.29) is 5.91 Å². The number of para-hydroxylation sites is 1. The van der Waals surface area contributed by atoms with E-state index in [1.54, 1.807) is 11.8 Å². The molecule has 0 bridgehead atoms. The number of aromatic nitrogens is 2. The molecule has 6 nitrogen and oxygen atoms in total. The standard InChI is InChI=1S/C29H34ClN5OS/c1-21-10-12-34(13-11-21)27-19-26(30)31-29(32-27)37-20-23-7-5-8-24(18-23)28(36)35-16-14-33(15-17-35)25-9-4-3-6-22(25)2/h3-9,18-19,21H,10-17,20H2,1-2H3. The number of carbonyl (C=O) groups excluding carboxylic acids is 1. The number of piperazine rings is 1. The first-order valence-electron chi connectivity index (χ1n) is 13.1. The van der Waals surface area contributed by atoms with Gasteiger partial charge < -0.3 is 14.7 Å². The van der Waals surface area contributed by atoms with Gasteiger partial charge in [-0.25, -0.2) is 9.97 Å². The second-order valence-corrected chi connectivity index (χ2v) is 11.4. The van der Waals surface area contributed by atoms with E-state index in [0.717, 1.165) is 62.1 Å². The van der Waals surface area contributed by atoms with Crippen molar-refractivity contribution in [3.05, 3.63) is 76.4 Å².